The number of hydrogen-bond donors (Lipinski definition) is 2. The zero-order valence-electron chi connectivity index (χ0n) is 16.3. The maximum Gasteiger partial charge on any atom is 0.0724 e. The van der Waals surface area contributed by atoms with Gasteiger partial charge in [-0.1, -0.05) is 31.6 Å². The Hall–Kier alpha value is -0.600. The van der Waals surface area contributed by atoms with Crippen molar-refractivity contribution in [1.82, 2.24) is 0 Å². The van der Waals surface area contributed by atoms with Crippen LogP contribution in [0.5, 0.6) is 0 Å². The van der Waals surface area contributed by atoms with Gasteiger partial charge in [-0.3, -0.25) is 0 Å². The van der Waals surface area contributed by atoms with Crippen LogP contribution in [0.3, 0.4) is 0 Å². The molecule has 25 heavy (non-hydrogen) atoms. The third-order valence-corrected chi connectivity index (χ3v) is 9.30. The van der Waals surface area contributed by atoms with Crippen molar-refractivity contribution < 1.29 is 10.2 Å². The molecule has 0 unspecified atom stereocenters. The quantitative estimate of drug-likeness (QED) is 0.702. The van der Waals surface area contributed by atoms with Crippen LogP contribution in [-0.4, -0.2) is 21.9 Å². The van der Waals surface area contributed by atoms with Crippen LogP contribution in [0.25, 0.3) is 0 Å². The van der Waals surface area contributed by atoms with E-state index in [1.807, 2.05) is 0 Å². The van der Waals surface area contributed by atoms with Crippen molar-refractivity contribution >= 4 is 0 Å². The zero-order chi connectivity index (χ0) is 18.0. The van der Waals surface area contributed by atoms with Crippen LogP contribution in [0, 0.1) is 34.5 Å². The van der Waals surface area contributed by atoms with Gasteiger partial charge in [0, 0.05) is 0 Å². The number of aliphatic hydroxyl groups is 2. The minimum absolute atomic E-state index is 0.0688. The molecule has 0 heterocycles. The number of rotatable bonds is 2. The van der Waals surface area contributed by atoms with E-state index in [1.165, 1.54) is 18.4 Å². The molecule has 2 N–H and O–H groups in total. The number of allylic oxidation sites excluding steroid dienone is 2. The van der Waals surface area contributed by atoms with Gasteiger partial charge in [0.1, 0.15) is 0 Å². The fraction of sp³-hybridized carbons (Fsp3) is 0.826. The Balaban J connectivity index is 1.76. The Morgan fingerprint density at radius 1 is 1.12 bits per heavy atom. The first-order valence-electron chi connectivity index (χ1n) is 10.5. The van der Waals surface area contributed by atoms with Gasteiger partial charge in [-0.2, -0.15) is 0 Å². The molecule has 0 amide bonds. The average molecular weight is 345 g/mol. The molecule has 0 aromatic rings. The largest absolute Gasteiger partial charge is 0.390 e. The predicted octanol–water partition coefficient (Wildman–Crippen LogP) is 4.86. The molecule has 8 atom stereocenters. The molecule has 2 nitrogen and oxygen atoms in total. The molecule has 140 valence electrons. The van der Waals surface area contributed by atoms with Gasteiger partial charge in [-0.25, -0.2) is 0 Å². The Kier molecular flexibility index (Phi) is 4.05. The van der Waals surface area contributed by atoms with Gasteiger partial charge in [0.25, 0.3) is 0 Å². The predicted molar refractivity (Wildman–Crippen MR) is 102 cm³/mol. The molecular weight excluding hydrogens is 308 g/mol. The second-order valence-corrected chi connectivity index (χ2v) is 10.3. The van der Waals surface area contributed by atoms with Crippen molar-refractivity contribution in [3.8, 4) is 0 Å². The standard InChI is InChI=1S/C23H36O2/c1-5-6-15-13-16-14-17(24)7-10-21(16,2)18-8-11-22(3)19(20(15)18)9-12-23(22,4)25/h5,14-15,17-20,24-25H,1,6-13H2,2-4H3/t15-,17+,18+,19+,20-,21+,22+,23+/m1/s1. The van der Waals surface area contributed by atoms with Gasteiger partial charge in [-0.05, 0) is 92.8 Å². The lowest BCUT2D eigenvalue weighted by Crippen LogP contribution is -2.56. The maximum atomic E-state index is 11.1. The number of aliphatic hydroxyl groups excluding tert-OH is 1. The van der Waals surface area contributed by atoms with Gasteiger partial charge < -0.3 is 10.2 Å². The van der Waals surface area contributed by atoms with E-state index in [0.29, 0.717) is 23.7 Å². The van der Waals surface area contributed by atoms with Crippen LogP contribution in [0.2, 0.25) is 0 Å². The van der Waals surface area contributed by atoms with E-state index in [2.05, 4.69) is 39.5 Å². The smallest absolute Gasteiger partial charge is 0.0724 e. The maximum absolute atomic E-state index is 11.1. The van der Waals surface area contributed by atoms with E-state index in [4.69, 9.17) is 0 Å². The van der Waals surface area contributed by atoms with E-state index < -0.39 is 5.60 Å². The van der Waals surface area contributed by atoms with Crippen molar-refractivity contribution in [2.45, 2.75) is 83.8 Å². The van der Waals surface area contributed by atoms with Crippen molar-refractivity contribution in [3.05, 3.63) is 24.3 Å². The summed E-state index contributed by atoms with van der Waals surface area (Å²) in [4.78, 5) is 0. The highest BCUT2D eigenvalue weighted by Crippen LogP contribution is 2.69. The Bertz CT molecular complexity index is 591. The van der Waals surface area contributed by atoms with Crippen LogP contribution < -0.4 is 0 Å². The van der Waals surface area contributed by atoms with Gasteiger partial charge in [-0.15, -0.1) is 6.58 Å². The van der Waals surface area contributed by atoms with Gasteiger partial charge in [0.15, 0.2) is 0 Å². The second kappa shape index (κ2) is 5.70. The molecule has 0 saturated heterocycles. The highest BCUT2D eigenvalue weighted by Gasteiger charge is 2.63. The third-order valence-electron chi connectivity index (χ3n) is 9.30. The first-order chi connectivity index (χ1) is 11.7. The van der Waals surface area contributed by atoms with E-state index in [1.54, 1.807) is 0 Å². The molecule has 4 aliphatic rings. The van der Waals surface area contributed by atoms with Crippen LogP contribution in [0.15, 0.2) is 24.3 Å². The summed E-state index contributed by atoms with van der Waals surface area (Å²) in [6.07, 6.45) is 12.8. The summed E-state index contributed by atoms with van der Waals surface area (Å²) in [5.41, 5.74) is 1.34. The summed E-state index contributed by atoms with van der Waals surface area (Å²) in [5.74, 6) is 2.67. The normalized spacial score (nSPS) is 54.9. The lowest BCUT2D eigenvalue weighted by Gasteiger charge is -2.61. The Labute approximate surface area is 153 Å². The summed E-state index contributed by atoms with van der Waals surface area (Å²) in [6.45, 7) is 11.0. The zero-order valence-corrected chi connectivity index (χ0v) is 16.3. The van der Waals surface area contributed by atoms with E-state index >= 15 is 0 Å². The molecule has 0 bridgehead atoms. The van der Waals surface area contributed by atoms with E-state index in [-0.39, 0.29) is 16.9 Å². The average Bonchev–Trinajstić information content (AvgIpc) is 2.79. The monoisotopic (exact) mass is 344 g/mol. The molecule has 4 aliphatic carbocycles. The first-order valence-corrected chi connectivity index (χ1v) is 10.5. The molecule has 0 aromatic heterocycles. The number of fused-ring (bicyclic) bond motifs is 5. The summed E-state index contributed by atoms with van der Waals surface area (Å²) in [6, 6.07) is 0. The Morgan fingerprint density at radius 3 is 2.56 bits per heavy atom. The van der Waals surface area contributed by atoms with Crippen molar-refractivity contribution in [2.75, 3.05) is 0 Å². The molecule has 0 aromatic carbocycles. The van der Waals surface area contributed by atoms with Crippen LogP contribution >= 0.6 is 0 Å². The molecule has 3 fully saturated rings. The molecule has 0 radical (unpaired) electrons. The van der Waals surface area contributed by atoms with Crippen molar-refractivity contribution in [2.24, 2.45) is 34.5 Å². The summed E-state index contributed by atoms with van der Waals surface area (Å²) in [7, 11) is 0. The van der Waals surface area contributed by atoms with Crippen molar-refractivity contribution in [1.29, 1.82) is 0 Å². The minimum Gasteiger partial charge on any atom is -0.390 e. The van der Waals surface area contributed by atoms with Gasteiger partial charge in [0.2, 0.25) is 0 Å². The van der Waals surface area contributed by atoms with Gasteiger partial charge >= 0.3 is 0 Å². The summed E-state index contributed by atoms with van der Waals surface area (Å²) < 4.78 is 0. The van der Waals surface area contributed by atoms with Crippen molar-refractivity contribution in [3.63, 3.8) is 0 Å². The lowest BCUT2D eigenvalue weighted by molar-refractivity contribution is -0.132. The molecular formula is C23H36O2. The fourth-order valence-corrected chi connectivity index (χ4v) is 7.55. The third kappa shape index (κ3) is 2.36. The van der Waals surface area contributed by atoms with E-state index in [9.17, 15) is 10.2 Å². The summed E-state index contributed by atoms with van der Waals surface area (Å²) >= 11 is 0. The van der Waals surface area contributed by atoms with Gasteiger partial charge in [0.05, 0.1) is 11.7 Å². The van der Waals surface area contributed by atoms with E-state index in [0.717, 1.165) is 38.5 Å². The first kappa shape index (κ1) is 17.8. The Morgan fingerprint density at radius 2 is 1.84 bits per heavy atom. The lowest BCUT2D eigenvalue weighted by atomic mass is 9.44. The molecule has 0 aliphatic heterocycles. The molecule has 4 rings (SSSR count). The van der Waals surface area contributed by atoms with Crippen LogP contribution in [-0.2, 0) is 0 Å². The van der Waals surface area contributed by atoms with Crippen LogP contribution in [0.4, 0.5) is 0 Å². The molecule has 2 heteroatoms. The molecule has 0 spiro atoms. The highest BCUT2D eigenvalue weighted by molar-refractivity contribution is 5.27. The minimum atomic E-state index is -0.513. The molecule has 3 saturated carbocycles. The number of hydrogen-bond acceptors (Lipinski definition) is 2. The fourth-order valence-electron chi connectivity index (χ4n) is 7.55. The highest BCUT2D eigenvalue weighted by atomic mass is 16.3. The summed E-state index contributed by atoms with van der Waals surface area (Å²) in [5, 5.41) is 21.3. The topological polar surface area (TPSA) is 40.5 Å². The van der Waals surface area contributed by atoms with Crippen LogP contribution in [0.1, 0.15) is 72.1 Å². The SMILES string of the molecule is C=CC[C@@H]1CC2=C[C@@H](O)CC[C@]2(C)[C@H]2CC[C@@]3(C)[C@@H](CC[C@]3(C)O)[C@H]12. The second-order valence-electron chi connectivity index (χ2n) is 10.3.